The van der Waals surface area contributed by atoms with E-state index in [2.05, 4.69) is 23.7 Å². The number of rotatable bonds is 4. The van der Waals surface area contributed by atoms with Crippen LogP contribution in [-0.4, -0.2) is 70.5 Å². The first-order valence-corrected chi connectivity index (χ1v) is 11.4. The third kappa shape index (κ3) is 4.44. The van der Waals surface area contributed by atoms with Gasteiger partial charge in [0, 0.05) is 49.1 Å². The van der Waals surface area contributed by atoms with E-state index < -0.39 is 0 Å². The number of thioether (sulfide) groups is 1. The van der Waals surface area contributed by atoms with Gasteiger partial charge in [-0.25, -0.2) is 4.98 Å². The summed E-state index contributed by atoms with van der Waals surface area (Å²) in [6, 6.07) is 10.4. The van der Waals surface area contributed by atoms with E-state index in [0.717, 1.165) is 67.2 Å². The summed E-state index contributed by atoms with van der Waals surface area (Å²) < 4.78 is 6.23. The number of piperidine rings is 1. The maximum atomic E-state index is 12.7. The SMILES string of the molecule is CC(C)N1CCC(Oc2ccc3nc(C(=O)N4CCSCC4)ccc3c2)CC1. The number of benzene rings is 1. The van der Waals surface area contributed by atoms with Crippen LogP contribution in [0.25, 0.3) is 10.9 Å². The maximum absolute atomic E-state index is 12.7. The van der Waals surface area contributed by atoms with Gasteiger partial charge >= 0.3 is 0 Å². The van der Waals surface area contributed by atoms with Crippen LogP contribution in [-0.2, 0) is 0 Å². The van der Waals surface area contributed by atoms with E-state index in [0.29, 0.717) is 11.7 Å². The highest BCUT2D eigenvalue weighted by atomic mass is 32.2. The van der Waals surface area contributed by atoms with Crippen molar-refractivity contribution in [1.29, 1.82) is 0 Å². The molecule has 0 spiro atoms. The van der Waals surface area contributed by atoms with Crippen molar-refractivity contribution in [3.8, 4) is 5.75 Å². The van der Waals surface area contributed by atoms with Gasteiger partial charge in [-0.15, -0.1) is 0 Å². The van der Waals surface area contributed by atoms with Gasteiger partial charge in [-0.05, 0) is 51.0 Å². The number of carbonyl (C=O) groups excluding carboxylic acids is 1. The largest absolute Gasteiger partial charge is 0.490 e. The summed E-state index contributed by atoms with van der Waals surface area (Å²) in [7, 11) is 0. The van der Waals surface area contributed by atoms with Gasteiger partial charge in [0.25, 0.3) is 5.91 Å². The summed E-state index contributed by atoms with van der Waals surface area (Å²) in [6.45, 7) is 8.31. The minimum absolute atomic E-state index is 0.0411. The van der Waals surface area contributed by atoms with E-state index in [1.807, 2.05) is 47.0 Å². The van der Waals surface area contributed by atoms with Gasteiger partial charge in [-0.1, -0.05) is 6.07 Å². The second-order valence-corrected chi connectivity index (χ2v) is 9.13. The predicted molar refractivity (Wildman–Crippen MR) is 115 cm³/mol. The smallest absolute Gasteiger partial charge is 0.272 e. The first kappa shape index (κ1) is 19.5. The zero-order chi connectivity index (χ0) is 19.5. The van der Waals surface area contributed by atoms with Gasteiger partial charge in [0.2, 0.25) is 0 Å². The Morgan fingerprint density at radius 2 is 1.86 bits per heavy atom. The molecule has 0 atom stereocenters. The molecule has 2 aliphatic rings. The molecule has 150 valence electrons. The van der Waals surface area contributed by atoms with Crippen LogP contribution >= 0.6 is 11.8 Å². The second-order valence-electron chi connectivity index (χ2n) is 7.90. The summed E-state index contributed by atoms with van der Waals surface area (Å²) >= 11 is 1.90. The second kappa shape index (κ2) is 8.70. The van der Waals surface area contributed by atoms with Crippen LogP contribution in [0, 0.1) is 0 Å². The van der Waals surface area contributed by atoms with Gasteiger partial charge in [0.05, 0.1) is 5.52 Å². The number of nitrogens with zero attached hydrogens (tertiary/aromatic N) is 3. The van der Waals surface area contributed by atoms with E-state index in [9.17, 15) is 4.79 Å². The molecule has 4 rings (SSSR count). The molecule has 2 aromatic rings. The Balaban J connectivity index is 1.43. The van der Waals surface area contributed by atoms with Crippen molar-refractivity contribution < 1.29 is 9.53 Å². The lowest BCUT2D eigenvalue weighted by molar-refractivity contribution is 0.0767. The standard InChI is InChI=1S/C22H29N3O2S/c1-16(2)24-9-7-18(8-10-24)27-19-4-6-20-17(15-19)3-5-21(23-20)22(26)25-11-13-28-14-12-25/h3-6,15-16,18H,7-14H2,1-2H3. The molecule has 0 unspecified atom stereocenters. The highest BCUT2D eigenvalue weighted by molar-refractivity contribution is 7.99. The third-order valence-electron chi connectivity index (χ3n) is 5.69. The Kier molecular flexibility index (Phi) is 6.07. The molecule has 28 heavy (non-hydrogen) atoms. The fraction of sp³-hybridized carbons (Fsp3) is 0.545. The molecular formula is C22H29N3O2S. The molecule has 0 aliphatic carbocycles. The van der Waals surface area contributed by atoms with Crippen LogP contribution in [0.15, 0.2) is 30.3 Å². The summed E-state index contributed by atoms with van der Waals surface area (Å²) in [5.74, 6) is 2.95. The van der Waals surface area contributed by atoms with Crippen LogP contribution < -0.4 is 4.74 Å². The fourth-order valence-corrected chi connectivity index (χ4v) is 4.83. The third-order valence-corrected chi connectivity index (χ3v) is 6.63. The molecule has 1 aromatic carbocycles. The lowest BCUT2D eigenvalue weighted by atomic mass is 10.1. The Morgan fingerprint density at radius 1 is 1.11 bits per heavy atom. The van der Waals surface area contributed by atoms with Crippen molar-refractivity contribution >= 4 is 28.6 Å². The minimum Gasteiger partial charge on any atom is -0.490 e. The first-order chi connectivity index (χ1) is 13.6. The fourth-order valence-electron chi connectivity index (χ4n) is 3.93. The molecule has 2 fully saturated rings. The molecule has 1 amide bonds. The minimum atomic E-state index is 0.0411. The molecule has 3 heterocycles. The summed E-state index contributed by atoms with van der Waals surface area (Å²) in [5, 5.41) is 1.02. The van der Waals surface area contributed by atoms with Crippen molar-refractivity contribution in [3.63, 3.8) is 0 Å². The van der Waals surface area contributed by atoms with Gasteiger partial charge in [-0.3, -0.25) is 4.79 Å². The lowest BCUT2D eigenvalue weighted by Gasteiger charge is -2.34. The molecule has 5 nitrogen and oxygen atoms in total. The number of pyridine rings is 1. The number of aromatic nitrogens is 1. The number of amides is 1. The average Bonchev–Trinajstić information content (AvgIpc) is 2.74. The van der Waals surface area contributed by atoms with Gasteiger partial charge in [0.15, 0.2) is 0 Å². The van der Waals surface area contributed by atoms with E-state index >= 15 is 0 Å². The number of hydrogen-bond donors (Lipinski definition) is 0. The normalized spacial score (nSPS) is 19.3. The Bertz CT molecular complexity index is 828. The lowest BCUT2D eigenvalue weighted by Crippen LogP contribution is -2.41. The van der Waals surface area contributed by atoms with Gasteiger partial charge in [0.1, 0.15) is 17.5 Å². The topological polar surface area (TPSA) is 45.7 Å². The molecule has 2 aliphatic heterocycles. The number of likely N-dealkylation sites (tertiary alicyclic amines) is 1. The van der Waals surface area contributed by atoms with Crippen molar-refractivity contribution in [1.82, 2.24) is 14.8 Å². The quantitative estimate of drug-likeness (QED) is 0.785. The first-order valence-electron chi connectivity index (χ1n) is 10.3. The van der Waals surface area contributed by atoms with Crippen LogP contribution in [0.3, 0.4) is 0 Å². The van der Waals surface area contributed by atoms with Gasteiger partial charge in [-0.2, -0.15) is 11.8 Å². The molecule has 0 saturated carbocycles. The van der Waals surface area contributed by atoms with E-state index in [4.69, 9.17) is 4.74 Å². The Morgan fingerprint density at radius 3 is 2.57 bits per heavy atom. The number of fused-ring (bicyclic) bond motifs is 1. The Labute approximate surface area is 171 Å². The monoisotopic (exact) mass is 399 g/mol. The molecule has 1 aromatic heterocycles. The molecule has 0 bridgehead atoms. The van der Waals surface area contributed by atoms with Gasteiger partial charge < -0.3 is 14.5 Å². The predicted octanol–water partition coefficient (Wildman–Crippen LogP) is 3.68. The molecule has 6 heteroatoms. The van der Waals surface area contributed by atoms with Crippen molar-refractivity contribution in [2.45, 2.75) is 38.8 Å². The van der Waals surface area contributed by atoms with E-state index in [1.165, 1.54) is 0 Å². The van der Waals surface area contributed by atoms with Crippen molar-refractivity contribution in [3.05, 3.63) is 36.0 Å². The van der Waals surface area contributed by atoms with Crippen LogP contribution in [0.1, 0.15) is 37.2 Å². The number of hydrogen-bond acceptors (Lipinski definition) is 5. The number of ether oxygens (including phenoxy) is 1. The van der Waals surface area contributed by atoms with Crippen LogP contribution in [0.4, 0.5) is 0 Å². The van der Waals surface area contributed by atoms with E-state index in [-0.39, 0.29) is 12.0 Å². The summed E-state index contributed by atoms with van der Waals surface area (Å²) in [5.41, 5.74) is 1.38. The van der Waals surface area contributed by atoms with Crippen molar-refractivity contribution in [2.24, 2.45) is 0 Å². The van der Waals surface area contributed by atoms with Crippen LogP contribution in [0.2, 0.25) is 0 Å². The highest BCUT2D eigenvalue weighted by Gasteiger charge is 2.22. The zero-order valence-corrected chi connectivity index (χ0v) is 17.6. The molecular weight excluding hydrogens is 370 g/mol. The maximum Gasteiger partial charge on any atom is 0.272 e. The Hall–Kier alpha value is -1.79. The zero-order valence-electron chi connectivity index (χ0n) is 16.8. The van der Waals surface area contributed by atoms with Crippen molar-refractivity contribution in [2.75, 3.05) is 37.7 Å². The average molecular weight is 400 g/mol. The summed E-state index contributed by atoms with van der Waals surface area (Å²) in [6.07, 6.45) is 2.41. The highest BCUT2D eigenvalue weighted by Crippen LogP contribution is 2.24. The number of carbonyl (C=O) groups is 1. The summed E-state index contributed by atoms with van der Waals surface area (Å²) in [4.78, 5) is 21.7. The molecule has 2 saturated heterocycles. The molecule has 0 radical (unpaired) electrons. The van der Waals surface area contributed by atoms with Crippen LogP contribution in [0.5, 0.6) is 5.75 Å². The van der Waals surface area contributed by atoms with E-state index in [1.54, 1.807) is 0 Å². The molecule has 0 N–H and O–H groups in total.